The summed E-state index contributed by atoms with van der Waals surface area (Å²) in [6, 6.07) is 0.383. The van der Waals surface area contributed by atoms with Crippen molar-refractivity contribution >= 4 is 11.9 Å². The Morgan fingerprint density at radius 2 is 0.879 bits per heavy atom. The number of rotatable bonds is 4. The van der Waals surface area contributed by atoms with Crippen molar-refractivity contribution in [3.05, 3.63) is 16.5 Å². The molecule has 33 heavy (non-hydrogen) atoms. The molecule has 1 aromatic rings. The Hall–Kier alpha value is 0.738. The molecular formula is C24H43N7Y2-2. The molecule has 182 valence electrons. The van der Waals surface area contributed by atoms with Gasteiger partial charge in [-0.05, 0) is 120 Å². The van der Waals surface area contributed by atoms with Gasteiger partial charge in [-0.15, -0.1) is 0 Å². The van der Waals surface area contributed by atoms with Crippen molar-refractivity contribution in [2.45, 2.75) is 122 Å². The second kappa shape index (κ2) is 11.0. The van der Waals surface area contributed by atoms with Crippen LogP contribution in [0, 0.1) is 6.92 Å². The van der Waals surface area contributed by atoms with E-state index in [1.165, 1.54) is 0 Å². The largest absolute Gasteiger partial charge is 0.390 e. The van der Waals surface area contributed by atoms with Crippen LogP contribution in [0.1, 0.15) is 86.9 Å². The van der Waals surface area contributed by atoms with Gasteiger partial charge in [0.15, 0.2) is 0 Å². The first-order valence-corrected chi connectivity index (χ1v) is 11.6. The molecule has 3 heterocycles. The smallest absolute Gasteiger partial charge is 0.0247 e. The molecule has 0 atom stereocenters. The zero-order chi connectivity index (χ0) is 23.4. The van der Waals surface area contributed by atoms with Crippen LogP contribution in [0.25, 0.3) is 10.6 Å². The van der Waals surface area contributed by atoms with Gasteiger partial charge >= 0.3 is 0 Å². The van der Waals surface area contributed by atoms with Crippen LogP contribution in [0.5, 0.6) is 0 Å². The zero-order valence-electron chi connectivity index (χ0n) is 22.8. The Labute approximate surface area is 252 Å². The summed E-state index contributed by atoms with van der Waals surface area (Å²) in [5, 5.41) is 9.94. The van der Waals surface area contributed by atoms with E-state index in [1.807, 2.05) is 6.92 Å². The van der Waals surface area contributed by atoms with E-state index in [1.54, 1.807) is 0 Å². The third kappa shape index (κ3) is 7.38. The van der Waals surface area contributed by atoms with Gasteiger partial charge in [-0.3, -0.25) is 9.80 Å². The molecule has 2 saturated heterocycles. The van der Waals surface area contributed by atoms with Crippen LogP contribution in [-0.2, 0) is 65.4 Å². The fourth-order valence-electron chi connectivity index (χ4n) is 5.72. The molecule has 2 radical (unpaired) electrons. The molecule has 2 aliphatic rings. The molecule has 7 nitrogen and oxygen atoms in total. The summed E-state index contributed by atoms with van der Waals surface area (Å²) in [6.07, 6.45) is 3.95. The average Bonchev–Trinajstić information content (AvgIpc) is 2.56. The zero-order valence-corrected chi connectivity index (χ0v) is 28.4. The number of aryl methyl sites for hydroxylation is 1. The normalized spacial score (nSPS) is 24.9. The van der Waals surface area contributed by atoms with E-state index in [0.29, 0.717) is 17.7 Å². The van der Waals surface area contributed by atoms with Crippen LogP contribution < -0.4 is 0 Å². The first-order valence-electron chi connectivity index (χ1n) is 11.6. The molecular weight excluding hydrogens is 564 g/mol. The van der Waals surface area contributed by atoms with Gasteiger partial charge in [0.1, 0.15) is 0 Å². The van der Waals surface area contributed by atoms with Crippen molar-refractivity contribution in [2.75, 3.05) is 14.1 Å². The predicted molar refractivity (Wildman–Crippen MR) is 128 cm³/mol. The molecule has 1 aromatic heterocycles. The summed E-state index contributed by atoms with van der Waals surface area (Å²) in [4.78, 5) is 18.7. The van der Waals surface area contributed by atoms with E-state index >= 15 is 0 Å². The molecule has 2 fully saturated rings. The maximum Gasteiger partial charge on any atom is 0.0247 e. The molecule has 0 saturated carbocycles. The average molecular weight is 607 g/mol. The van der Waals surface area contributed by atoms with Gasteiger partial charge in [-0.25, -0.2) is 0 Å². The van der Waals surface area contributed by atoms with Crippen molar-refractivity contribution < 1.29 is 65.4 Å². The topological polar surface area (TPSA) is 73.4 Å². The molecule has 3 rings (SSSR count). The maximum absolute atomic E-state index is 4.97. The molecule has 0 unspecified atom stereocenters. The summed E-state index contributed by atoms with van der Waals surface area (Å²) in [5.74, 6) is 1.74. The Kier molecular flexibility index (Phi) is 10.6. The standard InChI is InChI=1S/C24H43N7.2Y/c1-16-25-19(27-17-12-21(2,3)30(10)22(4,5)13-17)29-20(26-16)28-18-14-23(6,7)31(11)24(8,9)15-18;;/h17-18H,12-15H2,1-11H3;;/q-2;;. The first kappa shape index (κ1) is 31.8. The van der Waals surface area contributed by atoms with Gasteiger partial charge in [-0.1, -0.05) is 0 Å². The minimum absolute atomic E-state index is 0. The van der Waals surface area contributed by atoms with Crippen molar-refractivity contribution in [3.8, 4) is 0 Å². The Morgan fingerprint density at radius 1 is 0.606 bits per heavy atom. The summed E-state index contributed by atoms with van der Waals surface area (Å²) in [7, 11) is 4.43. The maximum atomic E-state index is 4.97. The van der Waals surface area contributed by atoms with Gasteiger partial charge in [0.25, 0.3) is 0 Å². The number of hydrogen-bond acceptors (Lipinski definition) is 5. The van der Waals surface area contributed by atoms with Crippen LogP contribution >= 0.6 is 0 Å². The van der Waals surface area contributed by atoms with Gasteiger partial charge in [-0.2, -0.15) is 0 Å². The van der Waals surface area contributed by atoms with Crippen LogP contribution in [0.4, 0.5) is 11.9 Å². The summed E-state index contributed by atoms with van der Waals surface area (Å²) >= 11 is 0. The second-order valence-corrected chi connectivity index (χ2v) is 12.2. The minimum Gasteiger partial charge on any atom is -0.390 e. The van der Waals surface area contributed by atoms with Crippen LogP contribution in [0.3, 0.4) is 0 Å². The van der Waals surface area contributed by atoms with Crippen molar-refractivity contribution in [1.82, 2.24) is 24.8 Å². The Balaban J connectivity index is 0.00000272. The van der Waals surface area contributed by atoms with E-state index in [-0.39, 0.29) is 99.7 Å². The molecule has 2 aliphatic heterocycles. The second-order valence-electron chi connectivity index (χ2n) is 12.2. The SMILES string of the molecule is Cc1nc([N-]C2CC(C)(C)N(C)C(C)(C)C2)nc([N-]C2CC(C)(C)N(C)C(C)(C)C2)n1.[Y].[Y]. The molecule has 0 bridgehead atoms. The van der Waals surface area contributed by atoms with E-state index in [4.69, 9.17) is 10.6 Å². The van der Waals surface area contributed by atoms with Gasteiger partial charge in [0.2, 0.25) is 0 Å². The molecule has 0 amide bonds. The van der Waals surface area contributed by atoms with Crippen molar-refractivity contribution in [3.63, 3.8) is 0 Å². The van der Waals surface area contributed by atoms with Crippen LogP contribution in [-0.4, -0.2) is 73.1 Å². The van der Waals surface area contributed by atoms with Crippen LogP contribution in [0.15, 0.2) is 0 Å². The molecule has 0 N–H and O–H groups in total. The first-order chi connectivity index (χ1) is 14.0. The monoisotopic (exact) mass is 607 g/mol. The molecule has 0 aliphatic carbocycles. The van der Waals surface area contributed by atoms with Crippen molar-refractivity contribution in [1.29, 1.82) is 0 Å². The summed E-state index contributed by atoms with van der Waals surface area (Å²) in [5.41, 5.74) is 0.319. The van der Waals surface area contributed by atoms with Crippen LogP contribution in [0.2, 0.25) is 0 Å². The third-order valence-electron chi connectivity index (χ3n) is 7.89. The molecule has 9 heteroatoms. The number of nitrogens with zero attached hydrogens (tertiary/aromatic N) is 7. The van der Waals surface area contributed by atoms with E-state index < -0.39 is 0 Å². The molecule has 0 aromatic carbocycles. The summed E-state index contributed by atoms with van der Waals surface area (Å²) in [6.45, 7) is 20.2. The van der Waals surface area contributed by atoms with E-state index in [9.17, 15) is 0 Å². The number of hydrogen-bond donors (Lipinski definition) is 0. The Morgan fingerprint density at radius 3 is 1.15 bits per heavy atom. The minimum atomic E-state index is 0. The van der Waals surface area contributed by atoms with Crippen molar-refractivity contribution in [2.24, 2.45) is 0 Å². The van der Waals surface area contributed by atoms with E-state index in [0.717, 1.165) is 25.7 Å². The van der Waals surface area contributed by atoms with Gasteiger partial charge < -0.3 is 25.6 Å². The molecule has 0 spiro atoms. The predicted octanol–water partition coefficient (Wildman–Crippen LogP) is 5.49. The van der Waals surface area contributed by atoms with Gasteiger partial charge in [0, 0.05) is 99.5 Å². The van der Waals surface area contributed by atoms with Gasteiger partial charge in [0.05, 0.1) is 0 Å². The quantitative estimate of drug-likeness (QED) is 0.453. The van der Waals surface area contributed by atoms with E-state index in [2.05, 4.69) is 94.2 Å². The number of likely N-dealkylation sites (tertiary alicyclic amines) is 2. The Bertz CT molecular complexity index is 712. The fraction of sp³-hybridized carbons (Fsp3) is 0.875. The fourth-order valence-corrected chi connectivity index (χ4v) is 5.72. The third-order valence-corrected chi connectivity index (χ3v) is 7.89. The number of aromatic nitrogens is 3. The summed E-state index contributed by atoms with van der Waals surface area (Å²) < 4.78 is 0. The number of piperidine rings is 2.